The molecule has 144 valence electrons. The quantitative estimate of drug-likeness (QED) is 0.807. The lowest BCUT2D eigenvalue weighted by atomic mass is 10.0. The van der Waals surface area contributed by atoms with E-state index in [9.17, 15) is 9.59 Å². The van der Waals surface area contributed by atoms with E-state index < -0.39 is 0 Å². The zero-order valence-corrected chi connectivity index (χ0v) is 16.3. The number of hydrogen-bond donors (Lipinski definition) is 2. The molecule has 0 saturated carbocycles. The first kappa shape index (κ1) is 20.5. The summed E-state index contributed by atoms with van der Waals surface area (Å²) in [6, 6.07) is 8.48. The number of imidazole rings is 1. The highest BCUT2D eigenvalue weighted by Crippen LogP contribution is 2.14. The number of nitrogens with one attached hydrogen (secondary N) is 2. The number of piperidine rings is 1. The molecule has 1 saturated heterocycles. The third-order valence-electron chi connectivity index (χ3n) is 4.92. The van der Waals surface area contributed by atoms with Crippen LogP contribution in [0, 0.1) is 0 Å². The van der Waals surface area contributed by atoms with Crippen molar-refractivity contribution in [2.75, 3.05) is 6.54 Å². The number of para-hydroxylation sites is 2. The van der Waals surface area contributed by atoms with E-state index in [-0.39, 0.29) is 30.0 Å². The second-order valence-electron chi connectivity index (χ2n) is 6.97. The van der Waals surface area contributed by atoms with Crippen LogP contribution in [0.2, 0.25) is 0 Å². The number of hydrogen-bond acceptors (Lipinski definition) is 3. The van der Waals surface area contributed by atoms with Gasteiger partial charge in [0.25, 0.3) is 0 Å². The van der Waals surface area contributed by atoms with Crippen molar-refractivity contribution in [1.82, 2.24) is 19.8 Å². The molecule has 1 aliphatic heterocycles. The number of carbonyl (C=O) groups excluding carboxylic acids is 1. The molecule has 0 aliphatic carbocycles. The van der Waals surface area contributed by atoms with Gasteiger partial charge in [0.05, 0.1) is 11.0 Å². The highest BCUT2D eigenvalue weighted by molar-refractivity contribution is 5.85. The van der Waals surface area contributed by atoms with Crippen LogP contribution in [0.1, 0.15) is 39.5 Å². The third-order valence-corrected chi connectivity index (χ3v) is 4.92. The van der Waals surface area contributed by atoms with Gasteiger partial charge in [-0.15, -0.1) is 12.4 Å². The molecule has 0 spiro atoms. The Bertz CT molecular complexity index is 798. The van der Waals surface area contributed by atoms with E-state index in [4.69, 9.17) is 0 Å². The van der Waals surface area contributed by atoms with Crippen LogP contribution >= 0.6 is 12.4 Å². The monoisotopic (exact) mass is 380 g/mol. The van der Waals surface area contributed by atoms with Gasteiger partial charge >= 0.3 is 5.69 Å². The number of carbonyl (C=O) groups is 1. The average Bonchev–Trinajstić information content (AvgIpc) is 2.86. The van der Waals surface area contributed by atoms with Crippen LogP contribution < -0.4 is 16.3 Å². The number of nitrogens with zero attached hydrogens (tertiary/aromatic N) is 2. The molecule has 2 atom stereocenters. The van der Waals surface area contributed by atoms with Gasteiger partial charge < -0.3 is 10.6 Å². The Balaban J connectivity index is 0.00000243. The zero-order valence-electron chi connectivity index (χ0n) is 15.5. The molecule has 1 aromatic carbocycles. The lowest BCUT2D eigenvalue weighted by molar-refractivity contribution is -0.122. The van der Waals surface area contributed by atoms with Gasteiger partial charge in [-0.1, -0.05) is 19.1 Å². The predicted molar refractivity (Wildman–Crippen MR) is 107 cm³/mol. The first-order valence-electron chi connectivity index (χ1n) is 9.31. The van der Waals surface area contributed by atoms with Gasteiger partial charge in [0.15, 0.2) is 0 Å². The summed E-state index contributed by atoms with van der Waals surface area (Å²) < 4.78 is 3.54. The van der Waals surface area contributed by atoms with Crippen LogP contribution in [0.4, 0.5) is 0 Å². The van der Waals surface area contributed by atoms with Crippen molar-refractivity contribution in [3.63, 3.8) is 0 Å². The van der Waals surface area contributed by atoms with Gasteiger partial charge in [0, 0.05) is 31.6 Å². The number of aromatic nitrogens is 2. The minimum absolute atomic E-state index is 0. The molecule has 2 heterocycles. The van der Waals surface area contributed by atoms with Crippen LogP contribution in [-0.4, -0.2) is 33.7 Å². The minimum Gasteiger partial charge on any atom is -0.353 e. The second kappa shape index (κ2) is 9.24. The van der Waals surface area contributed by atoms with Crippen molar-refractivity contribution in [3.8, 4) is 0 Å². The van der Waals surface area contributed by atoms with E-state index in [0.29, 0.717) is 25.6 Å². The maximum atomic E-state index is 12.7. The number of benzene rings is 1. The molecular formula is C19H29ClN4O2. The Morgan fingerprint density at radius 2 is 1.88 bits per heavy atom. The van der Waals surface area contributed by atoms with Gasteiger partial charge in [-0.25, -0.2) is 4.79 Å². The number of rotatable bonds is 6. The molecule has 1 amide bonds. The summed E-state index contributed by atoms with van der Waals surface area (Å²) in [5.74, 6) is 0.0262. The van der Waals surface area contributed by atoms with E-state index >= 15 is 0 Å². The molecule has 7 heteroatoms. The lowest BCUT2D eigenvalue weighted by Gasteiger charge is -2.28. The summed E-state index contributed by atoms with van der Waals surface area (Å²) in [6.45, 7) is 6.26. The molecule has 0 radical (unpaired) electrons. The first-order chi connectivity index (χ1) is 12.1. The molecule has 2 aromatic rings. The molecule has 0 bridgehead atoms. The smallest absolute Gasteiger partial charge is 0.329 e. The summed E-state index contributed by atoms with van der Waals surface area (Å²) in [5.41, 5.74) is 1.83. The normalized spacial score (nSPS) is 19.9. The molecule has 26 heavy (non-hydrogen) atoms. The standard InChI is InChI=1S/C19H28N4O2.ClH/c1-3-11-22-16-6-4-5-7-17(16)23(19(22)25)12-9-18(24)21-15-8-10-20-14(2)13-15;/h4-7,14-15,20H,3,8-13H2,1-2H3,(H,21,24);1H. The summed E-state index contributed by atoms with van der Waals surface area (Å²) >= 11 is 0. The minimum atomic E-state index is -0.0219. The Hall–Kier alpha value is -1.79. The SMILES string of the molecule is CCCn1c(=O)n(CCC(=O)NC2CCNC(C)C2)c2ccccc21.Cl. The van der Waals surface area contributed by atoms with E-state index in [0.717, 1.165) is 36.8 Å². The summed E-state index contributed by atoms with van der Waals surface area (Å²) in [7, 11) is 0. The van der Waals surface area contributed by atoms with Crippen molar-refractivity contribution in [2.24, 2.45) is 0 Å². The van der Waals surface area contributed by atoms with Crippen LogP contribution in [0.15, 0.2) is 29.1 Å². The van der Waals surface area contributed by atoms with Gasteiger partial charge in [-0.3, -0.25) is 13.9 Å². The Morgan fingerprint density at radius 1 is 1.23 bits per heavy atom. The molecule has 1 aromatic heterocycles. The summed E-state index contributed by atoms with van der Waals surface area (Å²) in [6.07, 6.45) is 3.16. The zero-order chi connectivity index (χ0) is 17.8. The summed E-state index contributed by atoms with van der Waals surface area (Å²) in [5, 5.41) is 6.50. The van der Waals surface area contributed by atoms with Crippen LogP contribution in [0.3, 0.4) is 0 Å². The number of fused-ring (bicyclic) bond motifs is 1. The Labute approximate surface area is 160 Å². The van der Waals surface area contributed by atoms with Gasteiger partial charge in [0.1, 0.15) is 0 Å². The van der Waals surface area contributed by atoms with Crippen molar-refractivity contribution in [2.45, 2.75) is 64.7 Å². The van der Waals surface area contributed by atoms with Crippen molar-refractivity contribution >= 4 is 29.3 Å². The van der Waals surface area contributed by atoms with E-state index in [1.165, 1.54) is 0 Å². The van der Waals surface area contributed by atoms with Crippen molar-refractivity contribution < 1.29 is 4.79 Å². The van der Waals surface area contributed by atoms with Crippen molar-refractivity contribution in [1.29, 1.82) is 0 Å². The maximum absolute atomic E-state index is 12.7. The fourth-order valence-electron chi connectivity index (χ4n) is 3.70. The molecule has 3 rings (SSSR count). The highest BCUT2D eigenvalue weighted by Gasteiger charge is 2.20. The maximum Gasteiger partial charge on any atom is 0.329 e. The van der Waals surface area contributed by atoms with Crippen LogP contribution in [0.25, 0.3) is 11.0 Å². The van der Waals surface area contributed by atoms with Gasteiger partial charge in [0.2, 0.25) is 5.91 Å². The largest absolute Gasteiger partial charge is 0.353 e. The van der Waals surface area contributed by atoms with E-state index in [1.807, 2.05) is 28.8 Å². The third kappa shape index (κ3) is 4.48. The van der Waals surface area contributed by atoms with Crippen LogP contribution in [-0.2, 0) is 17.9 Å². The molecule has 2 unspecified atom stereocenters. The molecule has 2 N–H and O–H groups in total. The van der Waals surface area contributed by atoms with Crippen molar-refractivity contribution in [3.05, 3.63) is 34.7 Å². The second-order valence-corrected chi connectivity index (χ2v) is 6.97. The van der Waals surface area contributed by atoms with E-state index in [2.05, 4.69) is 24.5 Å². The first-order valence-corrected chi connectivity index (χ1v) is 9.31. The summed E-state index contributed by atoms with van der Waals surface area (Å²) in [4.78, 5) is 25.0. The highest BCUT2D eigenvalue weighted by atomic mass is 35.5. The molecular weight excluding hydrogens is 352 g/mol. The predicted octanol–water partition coefficient (Wildman–Crippen LogP) is 2.28. The molecule has 1 aliphatic rings. The van der Waals surface area contributed by atoms with Gasteiger partial charge in [-0.05, 0) is 44.9 Å². The number of amides is 1. The fraction of sp³-hybridized carbons (Fsp3) is 0.579. The van der Waals surface area contributed by atoms with Gasteiger partial charge in [-0.2, -0.15) is 0 Å². The Morgan fingerprint density at radius 3 is 2.50 bits per heavy atom. The number of halogens is 1. The van der Waals surface area contributed by atoms with E-state index in [1.54, 1.807) is 4.57 Å². The molecule has 1 fully saturated rings. The molecule has 6 nitrogen and oxygen atoms in total. The average molecular weight is 381 g/mol. The lowest BCUT2D eigenvalue weighted by Crippen LogP contribution is -2.46. The number of aryl methyl sites for hydroxylation is 2. The topological polar surface area (TPSA) is 68.1 Å². The fourth-order valence-corrected chi connectivity index (χ4v) is 3.70. The Kier molecular flexibility index (Phi) is 7.29. The van der Waals surface area contributed by atoms with Crippen LogP contribution in [0.5, 0.6) is 0 Å².